The summed E-state index contributed by atoms with van der Waals surface area (Å²) in [7, 11) is 0. The van der Waals surface area contributed by atoms with Crippen LogP contribution in [0.5, 0.6) is 0 Å². The molecule has 0 saturated heterocycles. The summed E-state index contributed by atoms with van der Waals surface area (Å²) in [6.45, 7) is 0. The van der Waals surface area contributed by atoms with E-state index >= 15 is 0 Å². The Morgan fingerprint density at radius 1 is 1.00 bits per heavy atom. The first-order valence-electron chi connectivity index (χ1n) is 0. The molecule has 0 bridgehead atoms. The Hall–Kier alpha value is 3.84. The molecule has 0 unspecified atom stereocenters. The van der Waals surface area contributed by atoms with E-state index in [0.717, 1.165) is 0 Å². The topological polar surface area (TPSA) is 28.5 Å². The van der Waals surface area contributed by atoms with Gasteiger partial charge in [-0.15, -0.1) is 0 Å². The van der Waals surface area contributed by atoms with Crippen LogP contribution in [-0.2, 0) is 52.3 Å². The molecule has 9 radical (unpaired) electrons. The van der Waals surface area contributed by atoms with Crippen LogP contribution < -0.4 is 0 Å². The first-order chi connectivity index (χ1) is 0. The second kappa shape index (κ2) is 36.8. The Labute approximate surface area is 120 Å². The van der Waals surface area contributed by atoms with Crippen LogP contribution in [0.3, 0.4) is 0 Å². The van der Waals surface area contributed by atoms with Gasteiger partial charge in [0, 0.05) is 90.2 Å². The van der Waals surface area contributed by atoms with Gasteiger partial charge in [-0.3, -0.25) is 0 Å². The summed E-state index contributed by atoms with van der Waals surface area (Å²) >= 11 is 0. The summed E-state index contributed by atoms with van der Waals surface area (Å²) in [5.41, 5.74) is 0. The number of hydrogen-bond donors (Lipinski definition) is 0. The van der Waals surface area contributed by atoms with E-state index < -0.39 is 0 Å². The van der Waals surface area contributed by atoms with Crippen molar-refractivity contribution in [2.75, 3.05) is 0 Å². The van der Waals surface area contributed by atoms with Crippen molar-refractivity contribution in [1.29, 1.82) is 0 Å². The molecule has 6 heteroatoms. The summed E-state index contributed by atoms with van der Waals surface area (Å²) in [6, 6.07) is 0. The Kier molecular flexibility index (Phi) is 320. The van der Waals surface area contributed by atoms with Crippen LogP contribution >= 0.6 is 0 Å². The minimum atomic E-state index is 0. The van der Waals surface area contributed by atoms with Gasteiger partial charge >= 0.3 is 27.3 Å². The molecule has 0 saturated carbocycles. The maximum atomic E-state index is 0. The molecule has 0 fully saturated rings. The molecule has 0 aromatic carbocycles. The predicted octanol–water partition coefficient (Wildman–Crippen LogP) is -1.27. The maximum Gasteiger partial charge on any atom is 2.00 e. The summed E-state index contributed by atoms with van der Waals surface area (Å²) in [4.78, 5) is 0. The van der Waals surface area contributed by atoms with Gasteiger partial charge in [-0.1, -0.05) is 0 Å². The minimum absolute atomic E-state index is 0. The van der Waals surface area contributed by atoms with E-state index in [2.05, 4.69) is 0 Å². The van der Waals surface area contributed by atoms with Crippen molar-refractivity contribution >= 4 is 70.7 Å². The van der Waals surface area contributed by atoms with Crippen LogP contribution in [0.15, 0.2) is 0 Å². The zero-order valence-corrected chi connectivity index (χ0v) is 19.7. The van der Waals surface area contributed by atoms with E-state index in [4.69, 9.17) is 0 Å². The molecule has 0 aliphatic heterocycles. The predicted molar refractivity (Wildman–Crippen MR) is 17.9 cm³/mol. The van der Waals surface area contributed by atoms with Crippen molar-refractivity contribution in [2.45, 2.75) is 0 Å². The second-order valence-electron chi connectivity index (χ2n) is 0. The summed E-state index contributed by atoms with van der Waals surface area (Å²) in [5.74, 6) is 0. The molecular weight excluding hydrogens is 588 g/mol. The van der Waals surface area contributed by atoms with Crippen molar-refractivity contribution in [2.24, 2.45) is 0 Å². The van der Waals surface area contributed by atoms with Crippen LogP contribution in [0.1, 0.15) is 0 Å². The van der Waals surface area contributed by atoms with Gasteiger partial charge in [-0.2, -0.15) is 0 Å². The largest absolute Gasteiger partial charge is 2.00 e. The average Bonchev–Trinajstić information content (AvgIpc) is 0. The fourth-order valence-electron chi connectivity index (χ4n) is 0. The first kappa shape index (κ1) is 52.1. The zero-order chi connectivity index (χ0) is 0. The van der Waals surface area contributed by atoms with E-state index in [1.807, 2.05) is 0 Å². The van der Waals surface area contributed by atoms with Gasteiger partial charge in [0.2, 0.25) is 0 Å². The monoisotopic (exact) mass is 591 g/mol. The average molecular weight is 588 g/mol. The van der Waals surface area contributed by atoms with Crippen LogP contribution in [0.4, 0.5) is 0 Å². The van der Waals surface area contributed by atoms with Gasteiger partial charge < -0.3 is 5.48 Å². The van der Waals surface area contributed by atoms with Crippen LogP contribution in [0.25, 0.3) is 0 Å². The summed E-state index contributed by atoms with van der Waals surface area (Å²) < 4.78 is 0. The van der Waals surface area contributed by atoms with Crippen molar-refractivity contribution in [3.63, 3.8) is 0 Å². The molecule has 0 amide bonds. The van der Waals surface area contributed by atoms with E-state index in [-0.39, 0.29) is 123 Å². The second-order valence-corrected chi connectivity index (χ2v) is 0. The third-order valence-corrected chi connectivity index (χ3v) is 0. The third kappa shape index (κ3) is 24.9. The maximum absolute atomic E-state index is 0. The molecule has 0 rings (SSSR count). The first-order valence-corrected chi connectivity index (χ1v) is 0. The Morgan fingerprint density at radius 3 is 1.00 bits per heavy atom. The quantitative estimate of drug-likeness (QED) is 0.317. The molecular formula is CdGeInOPbZn. The third-order valence-electron chi connectivity index (χ3n) is 0. The molecule has 0 atom stereocenters. The number of rotatable bonds is 0. The fourth-order valence-corrected chi connectivity index (χ4v) is 0. The van der Waals surface area contributed by atoms with Gasteiger partial charge in [-0.05, 0) is 0 Å². The molecule has 0 heterocycles. The molecule has 6 heavy (non-hydrogen) atoms. The molecule has 1 nitrogen and oxygen atoms in total. The van der Waals surface area contributed by atoms with E-state index in [1.54, 1.807) is 0 Å². The normalized spacial score (nSPS) is 0. The van der Waals surface area contributed by atoms with Gasteiger partial charge in [0.05, 0.1) is 0 Å². The van der Waals surface area contributed by atoms with E-state index in [1.165, 1.54) is 0 Å². The summed E-state index contributed by atoms with van der Waals surface area (Å²) in [6.07, 6.45) is 0. The van der Waals surface area contributed by atoms with Crippen molar-refractivity contribution in [3.05, 3.63) is 0 Å². The van der Waals surface area contributed by atoms with Gasteiger partial charge in [0.1, 0.15) is 0 Å². The standard InChI is InChI=1S/Cd.Ge.In.O.Pb.Zn/q;;;-2;+2;. The smallest absolute Gasteiger partial charge is 2.00 e. The summed E-state index contributed by atoms with van der Waals surface area (Å²) in [5, 5.41) is 0. The Morgan fingerprint density at radius 2 is 1.00 bits per heavy atom. The van der Waals surface area contributed by atoms with Crippen molar-refractivity contribution < 1.29 is 52.3 Å². The molecule has 0 N–H and O–H groups in total. The molecule has 0 aliphatic rings. The van der Waals surface area contributed by atoms with Crippen LogP contribution in [0, 0.1) is 0 Å². The van der Waals surface area contributed by atoms with E-state index in [9.17, 15) is 0 Å². The van der Waals surface area contributed by atoms with Crippen molar-refractivity contribution in [1.82, 2.24) is 0 Å². The van der Waals surface area contributed by atoms with Crippen molar-refractivity contribution in [3.8, 4) is 0 Å². The fraction of sp³-hybridized carbons (Fsp3) is 0. The minimum Gasteiger partial charge on any atom is -2.00 e. The molecule has 0 aromatic rings. The van der Waals surface area contributed by atoms with E-state index in [0.29, 0.717) is 0 Å². The zero-order valence-electron chi connectivity index (χ0n) is 3.40. The Balaban J connectivity index is 0. The van der Waals surface area contributed by atoms with Gasteiger partial charge in [0.15, 0.2) is 0 Å². The molecule has 21 valence electrons. The molecule has 0 aromatic heterocycles. The van der Waals surface area contributed by atoms with Crippen LogP contribution in [-0.4, -0.2) is 70.7 Å². The molecule has 0 aliphatic carbocycles. The van der Waals surface area contributed by atoms with Gasteiger partial charge in [-0.25, -0.2) is 0 Å². The SMILES string of the molecule is [Cd].[Ge].[In].[O-2].[Pb+2].[Zn]. The Bertz CT molecular complexity index is 15.5. The van der Waals surface area contributed by atoms with Crippen LogP contribution in [0.2, 0.25) is 0 Å². The number of hydrogen-bond acceptors (Lipinski definition) is 0. The molecule has 0 spiro atoms. The van der Waals surface area contributed by atoms with Gasteiger partial charge in [0.25, 0.3) is 0 Å².